The molecule has 1 aliphatic heterocycles. The van der Waals surface area contributed by atoms with Gasteiger partial charge in [-0.15, -0.1) is 0 Å². The van der Waals surface area contributed by atoms with E-state index in [0.717, 1.165) is 48.6 Å². The molecule has 0 bridgehead atoms. The second-order valence-electron chi connectivity index (χ2n) is 7.48. The lowest BCUT2D eigenvalue weighted by Gasteiger charge is -2.33. The Bertz CT molecular complexity index is 830. The molecule has 1 fully saturated rings. The Kier molecular flexibility index (Phi) is 7.01. The largest absolute Gasteiger partial charge is 0.496 e. The Labute approximate surface area is 168 Å². The summed E-state index contributed by atoms with van der Waals surface area (Å²) >= 11 is 0. The highest BCUT2D eigenvalue weighted by molar-refractivity contribution is 5.94. The van der Waals surface area contributed by atoms with Crippen molar-refractivity contribution in [1.29, 1.82) is 0 Å². The van der Waals surface area contributed by atoms with Gasteiger partial charge < -0.3 is 10.1 Å². The molecule has 148 valence electrons. The predicted octanol–water partition coefficient (Wildman–Crippen LogP) is 3.76. The standard InChI is InChI=1S/C24H30N2O2/c1-18-19(2)24(28-3)12-10-21(18)9-11-23(27)15-22-17-26(14-13-25-22)16-20-7-5-4-6-8-20/h4-12,22,25H,13-17H2,1-3H3/t22-/m0/s1. The Balaban J connectivity index is 1.55. The van der Waals surface area contributed by atoms with Crippen LogP contribution in [0.2, 0.25) is 0 Å². The zero-order chi connectivity index (χ0) is 19.9. The topological polar surface area (TPSA) is 41.6 Å². The summed E-state index contributed by atoms with van der Waals surface area (Å²) in [6.45, 7) is 7.88. The molecule has 3 rings (SSSR count). The van der Waals surface area contributed by atoms with Crippen LogP contribution in [0.15, 0.2) is 48.5 Å². The molecule has 0 saturated carbocycles. The smallest absolute Gasteiger partial charge is 0.157 e. The third-order valence-electron chi connectivity index (χ3n) is 5.48. The summed E-state index contributed by atoms with van der Waals surface area (Å²) in [4.78, 5) is 14.9. The minimum absolute atomic E-state index is 0.159. The number of piperazine rings is 1. The molecule has 1 heterocycles. The molecule has 1 aliphatic rings. The highest BCUT2D eigenvalue weighted by Crippen LogP contribution is 2.24. The number of carbonyl (C=O) groups excluding carboxylic acids is 1. The van der Waals surface area contributed by atoms with Crippen molar-refractivity contribution in [3.63, 3.8) is 0 Å². The Morgan fingerprint density at radius 1 is 1.18 bits per heavy atom. The second kappa shape index (κ2) is 9.67. The van der Waals surface area contributed by atoms with Crippen LogP contribution in [0.5, 0.6) is 5.75 Å². The summed E-state index contributed by atoms with van der Waals surface area (Å²) in [6, 6.07) is 14.7. The van der Waals surface area contributed by atoms with Gasteiger partial charge in [-0.3, -0.25) is 9.69 Å². The first-order chi connectivity index (χ1) is 13.6. The van der Waals surface area contributed by atoms with Gasteiger partial charge in [-0.1, -0.05) is 42.5 Å². The van der Waals surface area contributed by atoms with Crippen LogP contribution in [0.3, 0.4) is 0 Å². The predicted molar refractivity (Wildman–Crippen MR) is 115 cm³/mol. The van der Waals surface area contributed by atoms with Crippen LogP contribution in [0.4, 0.5) is 0 Å². The summed E-state index contributed by atoms with van der Waals surface area (Å²) in [5.74, 6) is 1.04. The van der Waals surface area contributed by atoms with Crippen LogP contribution in [-0.2, 0) is 11.3 Å². The average molecular weight is 379 g/mol. The van der Waals surface area contributed by atoms with E-state index >= 15 is 0 Å². The third-order valence-corrected chi connectivity index (χ3v) is 5.48. The molecule has 0 aliphatic carbocycles. The Hall–Kier alpha value is -2.43. The SMILES string of the molecule is COc1ccc(C=CC(=O)C[C@H]2CN(Cc3ccccc3)CCN2)c(C)c1C. The van der Waals surface area contributed by atoms with Gasteiger partial charge in [-0.2, -0.15) is 0 Å². The second-order valence-corrected chi connectivity index (χ2v) is 7.48. The number of ketones is 1. The normalized spacial score (nSPS) is 17.8. The number of methoxy groups -OCH3 is 1. The molecule has 2 aromatic carbocycles. The van der Waals surface area contributed by atoms with Crippen molar-refractivity contribution >= 4 is 11.9 Å². The Morgan fingerprint density at radius 2 is 1.96 bits per heavy atom. The lowest BCUT2D eigenvalue weighted by molar-refractivity contribution is -0.115. The number of carbonyl (C=O) groups is 1. The first kappa shape index (κ1) is 20.3. The van der Waals surface area contributed by atoms with Crippen molar-refractivity contribution in [1.82, 2.24) is 10.2 Å². The molecule has 0 radical (unpaired) electrons. The zero-order valence-corrected chi connectivity index (χ0v) is 17.1. The van der Waals surface area contributed by atoms with Crippen molar-refractivity contribution in [2.75, 3.05) is 26.7 Å². The zero-order valence-electron chi connectivity index (χ0n) is 17.1. The van der Waals surface area contributed by atoms with Gasteiger partial charge >= 0.3 is 0 Å². The molecule has 28 heavy (non-hydrogen) atoms. The number of nitrogens with one attached hydrogen (secondary N) is 1. The molecule has 4 nitrogen and oxygen atoms in total. The van der Waals surface area contributed by atoms with Gasteiger partial charge in [0.1, 0.15) is 5.75 Å². The number of benzene rings is 2. The maximum absolute atomic E-state index is 12.5. The monoisotopic (exact) mass is 378 g/mol. The maximum atomic E-state index is 12.5. The molecule has 4 heteroatoms. The molecular formula is C24H30N2O2. The lowest BCUT2D eigenvalue weighted by atomic mass is 10.0. The van der Waals surface area contributed by atoms with E-state index in [2.05, 4.69) is 41.4 Å². The minimum atomic E-state index is 0.159. The van der Waals surface area contributed by atoms with E-state index in [1.54, 1.807) is 13.2 Å². The van der Waals surface area contributed by atoms with Gasteiger partial charge in [0, 0.05) is 38.6 Å². The van der Waals surface area contributed by atoms with Crippen LogP contribution < -0.4 is 10.1 Å². The molecule has 0 amide bonds. The van der Waals surface area contributed by atoms with Crippen LogP contribution in [0.1, 0.15) is 28.7 Å². The first-order valence-corrected chi connectivity index (χ1v) is 9.91. The summed E-state index contributed by atoms with van der Waals surface area (Å²) in [7, 11) is 1.68. The lowest BCUT2D eigenvalue weighted by Crippen LogP contribution is -2.50. The van der Waals surface area contributed by atoms with Gasteiger partial charge in [0.05, 0.1) is 7.11 Å². The minimum Gasteiger partial charge on any atom is -0.496 e. The van der Waals surface area contributed by atoms with Crippen molar-refractivity contribution in [3.05, 3.63) is 70.8 Å². The van der Waals surface area contributed by atoms with Gasteiger partial charge in [0.2, 0.25) is 0 Å². The molecule has 1 saturated heterocycles. The van der Waals surface area contributed by atoms with E-state index < -0.39 is 0 Å². The number of allylic oxidation sites excluding steroid dienone is 1. The first-order valence-electron chi connectivity index (χ1n) is 9.91. The maximum Gasteiger partial charge on any atom is 0.157 e. The van der Waals surface area contributed by atoms with E-state index in [-0.39, 0.29) is 11.8 Å². The van der Waals surface area contributed by atoms with Gasteiger partial charge in [-0.25, -0.2) is 0 Å². The number of hydrogen-bond acceptors (Lipinski definition) is 4. The van der Waals surface area contributed by atoms with Crippen LogP contribution in [0, 0.1) is 13.8 Å². The van der Waals surface area contributed by atoms with Crippen LogP contribution in [0.25, 0.3) is 6.08 Å². The van der Waals surface area contributed by atoms with Crippen LogP contribution in [-0.4, -0.2) is 43.5 Å². The van der Waals surface area contributed by atoms with E-state index in [1.807, 2.05) is 31.2 Å². The fourth-order valence-electron chi connectivity index (χ4n) is 3.73. The van der Waals surface area contributed by atoms with E-state index in [4.69, 9.17) is 4.74 Å². The fourth-order valence-corrected chi connectivity index (χ4v) is 3.73. The van der Waals surface area contributed by atoms with E-state index in [9.17, 15) is 4.79 Å². The molecule has 0 aromatic heterocycles. The summed E-state index contributed by atoms with van der Waals surface area (Å²) < 4.78 is 5.36. The average Bonchev–Trinajstić information content (AvgIpc) is 2.70. The molecule has 2 aromatic rings. The van der Waals surface area contributed by atoms with Crippen molar-refractivity contribution < 1.29 is 9.53 Å². The number of hydrogen-bond donors (Lipinski definition) is 1. The van der Waals surface area contributed by atoms with Crippen LogP contribution >= 0.6 is 0 Å². The van der Waals surface area contributed by atoms with Gasteiger partial charge in [-0.05, 0) is 48.2 Å². The quantitative estimate of drug-likeness (QED) is 0.745. The summed E-state index contributed by atoms with van der Waals surface area (Å²) in [6.07, 6.45) is 4.16. The summed E-state index contributed by atoms with van der Waals surface area (Å²) in [5, 5.41) is 3.49. The number of nitrogens with zero attached hydrogens (tertiary/aromatic N) is 1. The third kappa shape index (κ3) is 5.31. The highest BCUT2D eigenvalue weighted by Gasteiger charge is 2.21. The molecular weight excluding hydrogens is 348 g/mol. The van der Waals surface area contributed by atoms with Crippen molar-refractivity contribution in [2.45, 2.75) is 32.9 Å². The van der Waals surface area contributed by atoms with Crippen molar-refractivity contribution in [3.8, 4) is 5.75 Å². The molecule has 0 unspecified atom stereocenters. The number of ether oxygens (including phenoxy) is 1. The molecule has 0 spiro atoms. The van der Waals surface area contributed by atoms with E-state index in [1.165, 1.54) is 5.56 Å². The van der Waals surface area contributed by atoms with Crippen molar-refractivity contribution in [2.24, 2.45) is 0 Å². The number of rotatable bonds is 7. The Morgan fingerprint density at radius 3 is 2.71 bits per heavy atom. The summed E-state index contributed by atoms with van der Waals surface area (Å²) in [5.41, 5.74) is 4.64. The van der Waals surface area contributed by atoms with Gasteiger partial charge in [0.25, 0.3) is 0 Å². The fraction of sp³-hybridized carbons (Fsp3) is 0.375. The highest BCUT2D eigenvalue weighted by atomic mass is 16.5. The van der Waals surface area contributed by atoms with E-state index in [0.29, 0.717) is 6.42 Å². The molecule has 1 atom stereocenters. The molecule has 1 N–H and O–H groups in total. The van der Waals surface area contributed by atoms with Gasteiger partial charge in [0.15, 0.2) is 5.78 Å².